The number of aromatic nitrogens is 1. The van der Waals surface area contributed by atoms with Gasteiger partial charge in [-0.3, -0.25) is 0 Å². The van der Waals surface area contributed by atoms with Crippen LogP contribution < -0.4 is 5.32 Å². The van der Waals surface area contributed by atoms with Gasteiger partial charge in [-0.1, -0.05) is 0 Å². The summed E-state index contributed by atoms with van der Waals surface area (Å²) in [6, 6.07) is 0.923. The van der Waals surface area contributed by atoms with Gasteiger partial charge in [0.25, 0.3) is 0 Å². The monoisotopic (exact) mass is 360 g/mol. The molecule has 1 heterocycles. The molecule has 19 heavy (non-hydrogen) atoms. The van der Waals surface area contributed by atoms with Crippen molar-refractivity contribution in [3.63, 3.8) is 0 Å². The summed E-state index contributed by atoms with van der Waals surface area (Å²) in [7, 11) is -3.11. The highest BCUT2D eigenvalue weighted by molar-refractivity contribution is 9.10. The van der Waals surface area contributed by atoms with Gasteiger partial charge in [0.2, 0.25) is 0 Å². The highest BCUT2D eigenvalue weighted by Gasteiger charge is 2.34. The Bertz CT molecular complexity index is 546. The summed E-state index contributed by atoms with van der Waals surface area (Å²) in [5.74, 6) is -0.387. The summed E-state index contributed by atoms with van der Waals surface area (Å²) in [6.07, 6.45) is -1.98. The van der Waals surface area contributed by atoms with Crippen LogP contribution in [0, 0.1) is 0 Å². The molecule has 0 unspecified atom stereocenters. The summed E-state index contributed by atoms with van der Waals surface area (Å²) in [5, 5.41) is 2.50. The van der Waals surface area contributed by atoms with E-state index < -0.39 is 21.6 Å². The molecule has 9 heteroatoms. The largest absolute Gasteiger partial charge is 0.419 e. The molecule has 0 bridgehead atoms. The van der Waals surface area contributed by atoms with E-state index in [4.69, 9.17) is 0 Å². The van der Waals surface area contributed by atoms with Crippen LogP contribution in [-0.4, -0.2) is 32.0 Å². The van der Waals surface area contributed by atoms with Crippen LogP contribution in [0.25, 0.3) is 0 Å². The Labute approximate surface area is 117 Å². The molecule has 0 amide bonds. The lowest BCUT2D eigenvalue weighted by atomic mass is 10.2. The Morgan fingerprint density at radius 1 is 1.42 bits per heavy atom. The number of hydrogen-bond donors (Lipinski definition) is 1. The fraction of sp³-hybridized carbons (Fsp3) is 0.500. The molecule has 1 aromatic heterocycles. The number of hydrogen-bond acceptors (Lipinski definition) is 4. The summed E-state index contributed by atoms with van der Waals surface area (Å²) in [4.78, 5) is 3.65. The van der Waals surface area contributed by atoms with Gasteiger partial charge in [0.15, 0.2) is 0 Å². The molecule has 0 aliphatic heterocycles. The topological polar surface area (TPSA) is 59.1 Å². The van der Waals surface area contributed by atoms with Crippen LogP contribution in [0.1, 0.15) is 12.0 Å². The minimum absolute atomic E-state index is 0.0854. The first-order valence-electron chi connectivity index (χ1n) is 5.24. The van der Waals surface area contributed by atoms with E-state index in [9.17, 15) is 21.6 Å². The van der Waals surface area contributed by atoms with Crippen LogP contribution in [0.2, 0.25) is 0 Å². The average molecular weight is 361 g/mol. The number of pyridine rings is 1. The number of alkyl halides is 3. The summed E-state index contributed by atoms with van der Waals surface area (Å²) < 4.78 is 60.2. The SMILES string of the molecule is CS(=O)(=O)CCCNc1ncc(Br)cc1C(F)(F)F. The molecule has 0 saturated heterocycles. The maximum Gasteiger partial charge on any atom is 0.419 e. The number of anilines is 1. The van der Waals surface area contributed by atoms with Crippen LogP contribution in [0.15, 0.2) is 16.7 Å². The highest BCUT2D eigenvalue weighted by Crippen LogP contribution is 2.35. The van der Waals surface area contributed by atoms with E-state index in [1.165, 1.54) is 6.20 Å². The fourth-order valence-electron chi connectivity index (χ4n) is 1.34. The van der Waals surface area contributed by atoms with Crippen molar-refractivity contribution < 1.29 is 21.6 Å². The molecule has 0 spiro atoms. The van der Waals surface area contributed by atoms with E-state index in [1.54, 1.807) is 0 Å². The molecule has 0 aromatic carbocycles. The van der Waals surface area contributed by atoms with Crippen molar-refractivity contribution in [1.82, 2.24) is 4.98 Å². The molecule has 108 valence electrons. The molecule has 0 radical (unpaired) electrons. The van der Waals surface area contributed by atoms with Gasteiger partial charge in [0.05, 0.1) is 11.3 Å². The second kappa shape index (κ2) is 6.08. The van der Waals surface area contributed by atoms with Gasteiger partial charge in [-0.15, -0.1) is 0 Å². The standard InChI is InChI=1S/C10H12BrF3N2O2S/c1-19(17,18)4-2-3-15-9-8(10(12,13)14)5-7(11)6-16-9/h5-6H,2-4H2,1H3,(H,15,16). The van der Waals surface area contributed by atoms with E-state index in [0.29, 0.717) is 0 Å². The predicted octanol–water partition coefficient (Wildman–Crippen LogP) is 2.71. The van der Waals surface area contributed by atoms with E-state index in [1.807, 2.05) is 0 Å². The summed E-state index contributed by atoms with van der Waals surface area (Å²) in [5.41, 5.74) is -0.888. The Morgan fingerprint density at radius 2 is 2.05 bits per heavy atom. The minimum atomic E-state index is -4.52. The molecule has 0 aliphatic rings. The molecule has 0 atom stereocenters. The van der Waals surface area contributed by atoms with E-state index in [-0.39, 0.29) is 29.0 Å². The van der Waals surface area contributed by atoms with Crippen molar-refractivity contribution in [2.75, 3.05) is 23.9 Å². The van der Waals surface area contributed by atoms with Gasteiger partial charge >= 0.3 is 6.18 Å². The fourth-order valence-corrected chi connectivity index (χ4v) is 2.34. The highest BCUT2D eigenvalue weighted by atomic mass is 79.9. The number of nitrogens with zero attached hydrogens (tertiary/aromatic N) is 1. The van der Waals surface area contributed by atoms with Crippen LogP contribution >= 0.6 is 15.9 Å². The van der Waals surface area contributed by atoms with Crippen molar-refractivity contribution in [3.8, 4) is 0 Å². The molecule has 0 aliphatic carbocycles. The Morgan fingerprint density at radius 3 is 2.58 bits per heavy atom. The Kier molecular flexibility index (Phi) is 5.19. The van der Waals surface area contributed by atoms with Crippen LogP contribution in [0.4, 0.5) is 19.0 Å². The molecular formula is C10H12BrF3N2O2S. The first kappa shape index (κ1) is 16.2. The van der Waals surface area contributed by atoms with Crippen molar-refractivity contribution in [3.05, 3.63) is 22.3 Å². The quantitative estimate of drug-likeness (QED) is 0.820. The Hall–Kier alpha value is -0.830. The molecule has 1 aromatic rings. The zero-order chi connectivity index (χ0) is 14.7. The number of sulfone groups is 1. The number of nitrogens with one attached hydrogen (secondary N) is 1. The van der Waals surface area contributed by atoms with Crippen molar-refractivity contribution in [2.45, 2.75) is 12.6 Å². The molecular weight excluding hydrogens is 349 g/mol. The predicted molar refractivity (Wildman–Crippen MR) is 69.8 cm³/mol. The van der Waals surface area contributed by atoms with Crippen LogP contribution in [0.3, 0.4) is 0 Å². The lowest BCUT2D eigenvalue weighted by Gasteiger charge is -2.13. The van der Waals surface area contributed by atoms with Gasteiger partial charge in [-0.25, -0.2) is 13.4 Å². The maximum absolute atomic E-state index is 12.7. The normalized spacial score (nSPS) is 12.5. The van der Waals surface area contributed by atoms with Crippen molar-refractivity contribution in [1.29, 1.82) is 0 Å². The van der Waals surface area contributed by atoms with Gasteiger partial charge < -0.3 is 5.32 Å². The first-order chi connectivity index (χ1) is 8.59. The molecule has 1 rings (SSSR count). The molecule has 4 nitrogen and oxygen atoms in total. The van der Waals surface area contributed by atoms with E-state index in [2.05, 4.69) is 26.2 Å². The first-order valence-corrected chi connectivity index (χ1v) is 8.09. The van der Waals surface area contributed by atoms with Crippen molar-refractivity contribution in [2.24, 2.45) is 0 Å². The molecule has 1 N–H and O–H groups in total. The maximum atomic E-state index is 12.7. The third-order valence-corrected chi connectivity index (χ3v) is 3.61. The van der Waals surface area contributed by atoms with E-state index in [0.717, 1.165) is 12.3 Å². The van der Waals surface area contributed by atoms with Gasteiger partial charge in [-0.2, -0.15) is 13.2 Å². The van der Waals surface area contributed by atoms with Gasteiger partial charge in [0.1, 0.15) is 15.7 Å². The summed E-state index contributed by atoms with van der Waals surface area (Å²) in [6.45, 7) is 0.102. The number of halogens is 4. The third kappa shape index (κ3) is 5.77. The Balaban J connectivity index is 2.73. The molecule has 0 saturated carbocycles. The second-order valence-electron chi connectivity index (χ2n) is 3.96. The lowest BCUT2D eigenvalue weighted by Crippen LogP contribution is -2.15. The van der Waals surface area contributed by atoms with Gasteiger partial charge in [0, 0.05) is 23.5 Å². The molecule has 0 fully saturated rings. The van der Waals surface area contributed by atoms with Crippen molar-refractivity contribution >= 4 is 31.6 Å². The smallest absolute Gasteiger partial charge is 0.370 e. The zero-order valence-electron chi connectivity index (χ0n) is 9.96. The summed E-state index contributed by atoms with van der Waals surface area (Å²) >= 11 is 2.93. The third-order valence-electron chi connectivity index (χ3n) is 2.14. The zero-order valence-corrected chi connectivity index (χ0v) is 12.4. The van der Waals surface area contributed by atoms with E-state index >= 15 is 0 Å². The minimum Gasteiger partial charge on any atom is -0.370 e. The second-order valence-corrected chi connectivity index (χ2v) is 7.13. The average Bonchev–Trinajstić information content (AvgIpc) is 2.23. The lowest BCUT2D eigenvalue weighted by molar-refractivity contribution is -0.137. The van der Waals surface area contributed by atoms with Gasteiger partial charge in [-0.05, 0) is 28.4 Å². The van der Waals surface area contributed by atoms with Crippen LogP contribution in [-0.2, 0) is 16.0 Å². The van der Waals surface area contributed by atoms with Crippen LogP contribution in [0.5, 0.6) is 0 Å². The number of rotatable bonds is 5.